The molecule has 0 saturated heterocycles. The van der Waals surface area contributed by atoms with Crippen LogP contribution in [-0.4, -0.2) is 53.5 Å². The molecule has 0 radical (unpaired) electrons. The minimum absolute atomic E-state index is 0.106. The number of nitrogens with one attached hydrogen (secondary N) is 1. The van der Waals surface area contributed by atoms with Gasteiger partial charge in [-0.25, -0.2) is 8.42 Å². The summed E-state index contributed by atoms with van der Waals surface area (Å²) >= 11 is 5.91. The van der Waals surface area contributed by atoms with Crippen molar-refractivity contribution in [1.82, 2.24) is 5.32 Å². The highest BCUT2D eigenvalue weighted by molar-refractivity contribution is 7.92. The lowest BCUT2D eigenvalue weighted by atomic mass is 10.2. The molecule has 1 heterocycles. The highest BCUT2D eigenvalue weighted by Crippen LogP contribution is 2.36. The third kappa shape index (κ3) is 3.82. The van der Waals surface area contributed by atoms with Gasteiger partial charge < -0.3 is 14.8 Å². The van der Waals surface area contributed by atoms with E-state index in [2.05, 4.69) is 5.32 Å². The van der Waals surface area contributed by atoms with Crippen molar-refractivity contribution in [3.8, 4) is 5.75 Å². The number of fused-ring (bicyclic) bond motifs is 1. The third-order valence-electron chi connectivity index (χ3n) is 3.09. The van der Waals surface area contributed by atoms with E-state index < -0.39 is 22.0 Å². The SMILES string of the molecule is COCCNC(=O)[C@@H]1CN(S(C)(=O)=O)c2cc(Cl)ccc2O1. The van der Waals surface area contributed by atoms with Gasteiger partial charge in [-0.15, -0.1) is 0 Å². The Balaban J connectivity index is 2.25. The molecule has 1 aliphatic heterocycles. The van der Waals surface area contributed by atoms with Crippen LogP contribution in [0.1, 0.15) is 0 Å². The molecule has 7 nitrogen and oxygen atoms in total. The van der Waals surface area contributed by atoms with Gasteiger partial charge in [0.15, 0.2) is 6.10 Å². The van der Waals surface area contributed by atoms with Gasteiger partial charge in [0.25, 0.3) is 5.91 Å². The Morgan fingerprint density at radius 3 is 2.91 bits per heavy atom. The second-order valence-electron chi connectivity index (χ2n) is 4.80. The Hall–Kier alpha value is -1.51. The van der Waals surface area contributed by atoms with Crippen LogP contribution in [0.4, 0.5) is 5.69 Å². The molecule has 0 saturated carbocycles. The normalized spacial score (nSPS) is 17.6. The van der Waals surface area contributed by atoms with Crippen LogP contribution in [0, 0.1) is 0 Å². The quantitative estimate of drug-likeness (QED) is 0.789. The van der Waals surface area contributed by atoms with Crippen molar-refractivity contribution >= 4 is 33.2 Å². The number of ether oxygens (including phenoxy) is 2. The third-order valence-corrected chi connectivity index (χ3v) is 4.47. The van der Waals surface area contributed by atoms with Gasteiger partial charge in [-0.05, 0) is 18.2 Å². The van der Waals surface area contributed by atoms with E-state index in [0.717, 1.165) is 10.6 Å². The molecule has 22 heavy (non-hydrogen) atoms. The largest absolute Gasteiger partial charge is 0.476 e. The minimum Gasteiger partial charge on any atom is -0.476 e. The van der Waals surface area contributed by atoms with Crippen molar-refractivity contribution in [1.29, 1.82) is 0 Å². The first-order valence-electron chi connectivity index (χ1n) is 6.53. The molecular weight excluding hydrogens is 332 g/mol. The van der Waals surface area contributed by atoms with E-state index in [4.69, 9.17) is 21.1 Å². The van der Waals surface area contributed by atoms with Crippen molar-refractivity contribution in [2.45, 2.75) is 6.10 Å². The van der Waals surface area contributed by atoms with Gasteiger partial charge in [0.1, 0.15) is 5.75 Å². The average molecular weight is 349 g/mol. The Kier molecular flexibility index (Phi) is 5.15. The van der Waals surface area contributed by atoms with Gasteiger partial charge >= 0.3 is 0 Å². The fraction of sp³-hybridized carbons (Fsp3) is 0.462. The lowest BCUT2D eigenvalue weighted by molar-refractivity contribution is -0.127. The van der Waals surface area contributed by atoms with Crippen LogP contribution in [0.15, 0.2) is 18.2 Å². The van der Waals surface area contributed by atoms with E-state index in [0.29, 0.717) is 29.6 Å². The molecule has 0 aliphatic carbocycles. The minimum atomic E-state index is -3.56. The highest BCUT2D eigenvalue weighted by atomic mass is 35.5. The lowest BCUT2D eigenvalue weighted by Crippen LogP contribution is -2.50. The van der Waals surface area contributed by atoms with E-state index in [1.54, 1.807) is 12.1 Å². The summed E-state index contributed by atoms with van der Waals surface area (Å²) in [6.45, 7) is 0.576. The Bertz CT molecular complexity index is 664. The molecule has 0 unspecified atom stereocenters. The van der Waals surface area contributed by atoms with Gasteiger partial charge in [0.2, 0.25) is 10.0 Å². The fourth-order valence-electron chi connectivity index (χ4n) is 2.07. The molecule has 0 aromatic heterocycles. The molecule has 1 N–H and O–H groups in total. The number of nitrogens with zero attached hydrogens (tertiary/aromatic N) is 1. The maximum Gasteiger partial charge on any atom is 0.263 e. The Morgan fingerprint density at radius 2 is 2.27 bits per heavy atom. The molecule has 1 aromatic rings. The van der Waals surface area contributed by atoms with Crippen LogP contribution in [0.3, 0.4) is 0 Å². The van der Waals surface area contributed by atoms with E-state index in [1.165, 1.54) is 13.2 Å². The van der Waals surface area contributed by atoms with Crippen LogP contribution < -0.4 is 14.4 Å². The Morgan fingerprint density at radius 1 is 1.55 bits per heavy atom. The molecule has 1 atom stereocenters. The van der Waals surface area contributed by atoms with Crippen molar-refractivity contribution in [2.75, 3.05) is 37.4 Å². The number of carbonyl (C=O) groups excluding carboxylic acids is 1. The molecule has 2 rings (SSSR count). The number of amides is 1. The predicted molar refractivity (Wildman–Crippen MR) is 82.9 cm³/mol. The van der Waals surface area contributed by atoms with Gasteiger partial charge in [0.05, 0.1) is 25.1 Å². The summed E-state index contributed by atoms with van der Waals surface area (Å²) in [5, 5.41) is 3.02. The highest BCUT2D eigenvalue weighted by Gasteiger charge is 2.35. The topological polar surface area (TPSA) is 84.9 Å². The first-order chi connectivity index (χ1) is 10.3. The van der Waals surface area contributed by atoms with Crippen LogP contribution in [-0.2, 0) is 19.6 Å². The second kappa shape index (κ2) is 6.72. The number of carbonyl (C=O) groups is 1. The summed E-state index contributed by atoms with van der Waals surface area (Å²) in [5.74, 6) is -0.0979. The standard InChI is InChI=1S/C13H17ClN2O5S/c1-20-6-5-15-13(17)12-8-16(22(2,18)19)10-7-9(14)3-4-11(10)21-12/h3-4,7,12H,5-6,8H2,1-2H3,(H,15,17)/t12-/m0/s1. The van der Waals surface area contributed by atoms with E-state index in [1.807, 2.05) is 0 Å². The van der Waals surface area contributed by atoms with Gasteiger partial charge in [-0.2, -0.15) is 0 Å². The number of methoxy groups -OCH3 is 1. The molecule has 0 bridgehead atoms. The molecule has 9 heteroatoms. The smallest absolute Gasteiger partial charge is 0.263 e. The lowest BCUT2D eigenvalue weighted by Gasteiger charge is -2.34. The second-order valence-corrected chi connectivity index (χ2v) is 7.14. The summed E-state index contributed by atoms with van der Waals surface area (Å²) in [6, 6.07) is 4.62. The maximum absolute atomic E-state index is 12.1. The molecular formula is C13H17ClN2O5S. The summed E-state index contributed by atoms with van der Waals surface area (Å²) in [4.78, 5) is 12.1. The van der Waals surface area contributed by atoms with E-state index >= 15 is 0 Å². The number of hydrogen-bond acceptors (Lipinski definition) is 5. The summed E-state index contributed by atoms with van der Waals surface area (Å²) in [5.41, 5.74) is 0.330. The van der Waals surface area contributed by atoms with Gasteiger partial charge in [-0.3, -0.25) is 9.10 Å². The first kappa shape index (κ1) is 16.9. The summed E-state index contributed by atoms with van der Waals surface area (Å²) in [6.07, 6.45) is 0.142. The summed E-state index contributed by atoms with van der Waals surface area (Å²) in [7, 11) is -2.04. The van der Waals surface area contributed by atoms with Gasteiger partial charge in [0, 0.05) is 18.7 Å². The first-order valence-corrected chi connectivity index (χ1v) is 8.76. The van der Waals surface area contributed by atoms with Crippen LogP contribution in [0.2, 0.25) is 5.02 Å². The monoisotopic (exact) mass is 348 g/mol. The predicted octanol–water partition coefficient (Wildman–Crippen LogP) is 0.630. The number of sulfonamides is 1. The van der Waals surface area contributed by atoms with E-state index in [-0.39, 0.29) is 6.54 Å². The van der Waals surface area contributed by atoms with Crippen molar-refractivity contribution in [3.63, 3.8) is 0 Å². The molecule has 0 fully saturated rings. The zero-order valence-corrected chi connectivity index (χ0v) is 13.8. The van der Waals surface area contributed by atoms with Crippen molar-refractivity contribution in [3.05, 3.63) is 23.2 Å². The van der Waals surface area contributed by atoms with E-state index in [9.17, 15) is 13.2 Å². The number of halogens is 1. The van der Waals surface area contributed by atoms with Crippen LogP contribution in [0.25, 0.3) is 0 Å². The number of anilines is 1. The van der Waals surface area contributed by atoms with Crippen molar-refractivity contribution in [2.24, 2.45) is 0 Å². The Labute approximate surface area is 134 Å². The fourth-order valence-corrected chi connectivity index (χ4v) is 3.14. The number of rotatable bonds is 5. The summed E-state index contributed by atoms with van der Waals surface area (Å²) < 4.78 is 35.5. The van der Waals surface area contributed by atoms with Crippen LogP contribution >= 0.6 is 11.6 Å². The van der Waals surface area contributed by atoms with Gasteiger partial charge in [-0.1, -0.05) is 11.6 Å². The number of benzene rings is 1. The zero-order valence-electron chi connectivity index (χ0n) is 12.2. The molecule has 1 aromatic carbocycles. The molecule has 0 spiro atoms. The molecule has 1 aliphatic rings. The number of hydrogen-bond donors (Lipinski definition) is 1. The molecule has 122 valence electrons. The van der Waals surface area contributed by atoms with Crippen molar-refractivity contribution < 1.29 is 22.7 Å². The maximum atomic E-state index is 12.1. The zero-order chi connectivity index (χ0) is 16.3. The molecule has 1 amide bonds. The average Bonchev–Trinajstić information content (AvgIpc) is 2.45. The van der Waals surface area contributed by atoms with Crippen LogP contribution in [0.5, 0.6) is 5.75 Å².